The number of nitrogen functional groups attached to an aromatic ring is 1. The number of fused-ring (bicyclic) bond motifs is 1. The van der Waals surface area contributed by atoms with Crippen LogP contribution in [0.3, 0.4) is 0 Å². The molecule has 5 aromatic rings. The van der Waals surface area contributed by atoms with Gasteiger partial charge in [0.25, 0.3) is 5.91 Å². The molecule has 216 valence electrons. The van der Waals surface area contributed by atoms with Crippen molar-refractivity contribution in [1.29, 1.82) is 0 Å². The third-order valence-electron chi connectivity index (χ3n) is 7.44. The van der Waals surface area contributed by atoms with Crippen molar-refractivity contribution in [2.24, 2.45) is 0 Å². The number of rotatable bonds is 7. The van der Waals surface area contributed by atoms with Crippen LogP contribution in [0.25, 0.3) is 27.8 Å². The summed E-state index contributed by atoms with van der Waals surface area (Å²) in [5, 5.41) is 13.5. The molecule has 1 amide bonds. The number of nitrogens with one attached hydrogen (secondary N) is 2. The van der Waals surface area contributed by atoms with E-state index < -0.39 is 29.3 Å². The van der Waals surface area contributed by atoms with Gasteiger partial charge in [0.05, 0.1) is 16.8 Å². The Morgan fingerprint density at radius 3 is 2.60 bits per heavy atom. The highest BCUT2D eigenvalue weighted by Crippen LogP contribution is 2.32. The van der Waals surface area contributed by atoms with E-state index in [1.54, 1.807) is 6.07 Å². The molecule has 0 aliphatic heterocycles. The summed E-state index contributed by atoms with van der Waals surface area (Å²) < 4.78 is 61.9. The van der Waals surface area contributed by atoms with Gasteiger partial charge in [-0.15, -0.1) is 0 Å². The first kappa shape index (κ1) is 27.5. The minimum atomic E-state index is -4.83. The van der Waals surface area contributed by atoms with Gasteiger partial charge in [-0.25, -0.2) is 9.07 Å². The summed E-state index contributed by atoms with van der Waals surface area (Å²) in [6.45, 7) is 0.638. The summed E-state index contributed by atoms with van der Waals surface area (Å²) >= 11 is 0. The van der Waals surface area contributed by atoms with Crippen LogP contribution in [-0.4, -0.2) is 26.9 Å². The first-order chi connectivity index (χ1) is 20.2. The molecule has 1 aliphatic rings. The van der Waals surface area contributed by atoms with Crippen molar-refractivity contribution >= 4 is 28.4 Å². The first-order valence-corrected chi connectivity index (χ1v) is 13.4. The summed E-state index contributed by atoms with van der Waals surface area (Å²) in [5.41, 5.74) is 6.73. The van der Waals surface area contributed by atoms with Crippen LogP contribution in [-0.2, 0) is 12.7 Å². The summed E-state index contributed by atoms with van der Waals surface area (Å²) in [6, 6.07) is 17.3. The fourth-order valence-corrected chi connectivity index (χ4v) is 5.27. The zero-order valence-corrected chi connectivity index (χ0v) is 22.2. The fourth-order valence-electron chi connectivity index (χ4n) is 5.27. The molecule has 42 heavy (non-hydrogen) atoms. The zero-order chi connectivity index (χ0) is 29.4. The second-order valence-electron chi connectivity index (χ2n) is 10.2. The SMILES string of the molecule is Nc1noc2ccc(-n3nc(C(F)(F)F)cc3C(=O)Nc3ccc(-c4ccccc4CNC4CCCC4)cc3F)cc12. The van der Waals surface area contributed by atoms with Gasteiger partial charge in [-0.05, 0) is 59.9 Å². The van der Waals surface area contributed by atoms with Crippen LogP contribution >= 0.6 is 0 Å². The molecule has 1 saturated carbocycles. The largest absolute Gasteiger partial charge is 0.435 e. The average Bonchev–Trinajstić information content (AvgIpc) is 3.73. The Morgan fingerprint density at radius 1 is 1.05 bits per heavy atom. The van der Waals surface area contributed by atoms with Gasteiger partial charge in [0.15, 0.2) is 17.1 Å². The van der Waals surface area contributed by atoms with Gasteiger partial charge >= 0.3 is 6.18 Å². The van der Waals surface area contributed by atoms with Gasteiger partial charge in [0, 0.05) is 18.7 Å². The maximum Gasteiger partial charge on any atom is 0.435 e. The molecular formula is C30H26F4N6O2. The molecule has 1 aliphatic carbocycles. The third-order valence-corrected chi connectivity index (χ3v) is 7.44. The number of benzene rings is 3. The molecule has 3 aromatic carbocycles. The molecule has 0 unspecified atom stereocenters. The molecule has 8 nitrogen and oxygen atoms in total. The van der Waals surface area contributed by atoms with Crippen LogP contribution in [0.15, 0.2) is 71.3 Å². The van der Waals surface area contributed by atoms with Gasteiger partial charge in [-0.3, -0.25) is 4.79 Å². The topological polar surface area (TPSA) is 111 Å². The van der Waals surface area contributed by atoms with E-state index in [-0.39, 0.29) is 17.2 Å². The lowest BCUT2D eigenvalue weighted by Crippen LogP contribution is -2.25. The number of aromatic nitrogens is 3. The monoisotopic (exact) mass is 578 g/mol. The minimum Gasteiger partial charge on any atom is -0.380 e. The Kier molecular flexibility index (Phi) is 7.15. The number of halogens is 4. The summed E-state index contributed by atoms with van der Waals surface area (Å²) in [4.78, 5) is 13.2. The summed E-state index contributed by atoms with van der Waals surface area (Å²) in [7, 11) is 0. The fraction of sp³-hybridized carbons (Fsp3) is 0.233. The number of hydrogen-bond acceptors (Lipinski definition) is 6. The highest BCUT2D eigenvalue weighted by atomic mass is 19.4. The number of anilines is 2. The zero-order valence-electron chi connectivity index (χ0n) is 22.2. The van der Waals surface area contributed by atoms with E-state index in [1.807, 2.05) is 24.3 Å². The lowest BCUT2D eigenvalue weighted by molar-refractivity contribution is -0.141. The second-order valence-corrected chi connectivity index (χ2v) is 10.2. The van der Waals surface area contributed by atoms with Gasteiger partial charge in [0.2, 0.25) is 0 Å². The van der Waals surface area contributed by atoms with Crippen LogP contribution in [0.4, 0.5) is 29.1 Å². The molecule has 6 rings (SSSR count). The number of amides is 1. The molecule has 0 bridgehead atoms. The second kappa shape index (κ2) is 10.9. The molecule has 4 N–H and O–H groups in total. The van der Waals surface area contributed by atoms with Crippen molar-refractivity contribution in [3.63, 3.8) is 0 Å². The normalized spacial score (nSPS) is 14.1. The molecule has 0 saturated heterocycles. The van der Waals surface area contributed by atoms with Gasteiger partial charge in [0.1, 0.15) is 11.5 Å². The van der Waals surface area contributed by atoms with E-state index in [1.165, 1.54) is 43.2 Å². The van der Waals surface area contributed by atoms with Crippen LogP contribution < -0.4 is 16.4 Å². The van der Waals surface area contributed by atoms with Crippen molar-refractivity contribution in [3.05, 3.63) is 89.5 Å². The number of carbonyl (C=O) groups is 1. The third kappa shape index (κ3) is 5.45. The maximum atomic E-state index is 15.3. The molecule has 2 aromatic heterocycles. The summed E-state index contributed by atoms with van der Waals surface area (Å²) in [5.74, 6) is -1.69. The predicted octanol–water partition coefficient (Wildman–Crippen LogP) is 6.71. The van der Waals surface area contributed by atoms with E-state index in [9.17, 15) is 18.0 Å². The van der Waals surface area contributed by atoms with Gasteiger partial charge < -0.3 is 20.9 Å². The molecule has 0 radical (unpaired) electrons. The van der Waals surface area contributed by atoms with Crippen molar-refractivity contribution in [2.75, 3.05) is 11.1 Å². The first-order valence-electron chi connectivity index (χ1n) is 13.4. The van der Waals surface area contributed by atoms with E-state index in [2.05, 4.69) is 20.9 Å². The number of hydrogen-bond donors (Lipinski definition) is 3. The summed E-state index contributed by atoms with van der Waals surface area (Å²) in [6.07, 6.45) is -0.132. The number of carbonyl (C=O) groups excluding carboxylic acids is 1. The Labute approximate surface area is 237 Å². The lowest BCUT2D eigenvalue weighted by atomic mass is 9.99. The Hall–Kier alpha value is -4.71. The van der Waals surface area contributed by atoms with Gasteiger partial charge in [-0.2, -0.15) is 18.3 Å². The van der Waals surface area contributed by atoms with E-state index in [4.69, 9.17) is 10.3 Å². The number of nitrogens with two attached hydrogens (primary N) is 1. The highest BCUT2D eigenvalue weighted by Gasteiger charge is 2.36. The maximum absolute atomic E-state index is 15.3. The van der Waals surface area contributed by atoms with E-state index in [0.717, 1.165) is 28.7 Å². The molecule has 0 spiro atoms. The average molecular weight is 579 g/mol. The molecule has 12 heteroatoms. The highest BCUT2D eigenvalue weighted by molar-refractivity contribution is 6.04. The molecule has 1 fully saturated rings. The molecule has 0 atom stereocenters. The van der Waals surface area contributed by atoms with Crippen molar-refractivity contribution in [2.45, 2.75) is 44.4 Å². The van der Waals surface area contributed by atoms with E-state index in [0.29, 0.717) is 35.2 Å². The van der Waals surface area contributed by atoms with Crippen LogP contribution in [0.2, 0.25) is 0 Å². The van der Waals surface area contributed by atoms with Crippen LogP contribution in [0.1, 0.15) is 47.4 Å². The van der Waals surface area contributed by atoms with E-state index >= 15 is 4.39 Å². The standard InChI is InChI=1S/C30H26F4N6O2/c31-23-13-17(21-8-4-1-5-18(21)16-36-19-6-2-3-7-19)9-11-24(23)37-29(41)25-15-27(30(32,33)34)38-40(25)20-10-12-26-22(14-20)28(35)39-42-26/h1,4-5,8-15,19,36H,2-3,6-7,16H2,(H2,35,39)(H,37,41). The molecular weight excluding hydrogens is 552 g/mol. The van der Waals surface area contributed by atoms with Crippen molar-refractivity contribution < 1.29 is 26.9 Å². The smallest absolute Gasteiger partial charge is 0.380 e. The lowest BCUT2D eigenvalue weighted by Gasteiger charge is -2.15. The van der Waals surface area contributed by atoms with Crippen molar-refractivity contribution in [1.82, 2.24) is 20.3 Å². The van der Waals surface area contributed by atoms with Crippen molar-refractivity contribution in [3.8, 4) is 16.8 Å². The number of alkyl halides is 3. The van der Waals surface area contributed by atoms with Crippen LogP contribution in [0, 0.1) is 5.82 Å². The quantitative estimate of drug-likeness (QED) is 0.185. The van der Waals surface area contributed by atoms with Gasteiger partial charge in [-0.1, -0.05) is 48.3 Å². The Morgan fingerprint density at radius 2 is 1.83 bits per heavy atom. The number of nitrogens with zero attached hydrogens (tertiary/aromatic N) is 3. The van der Waals surface area contributed by atoms with Crippen LogP contribution in [0.5, 0.6) is 0 Å². The minimum absolute atomic E-state index is 0.0269. The predicted molar refractivity (Wildman–Crippen MR) is 149 cm³/mol. The molecule has 2 heterocycles. The Bertz CT molecular complexity index is 1770. The Balaban J connectivity index is 1.28.